The first-order valence-electron chi connectivity index (χ1n) is 12.6. The summed E-state index contributed by atoms with van der Waals surface area (Å²) in [6, 6.07) is 24.7. The summed E-state index contributed by atoms with van der Waals surface area (Å²) in [6.07, 6.45) is 1.57. The molecule has 0 saturated heterocycles. The fraction of sp³-hybridized carbons (Fsp3) is 0.200. The number of carbonyl (C=O) groups is 1. The molecule has 3 aromatic carbocycles. The number of benzene rings is 3. The summed E-state index contributed by atoms with van der Waals surface area (Å²) >= 11 is 0. The predicted octanol–water partition coefficient (Wildman–Crippen LogP) is 5.15. The lowest BCUT2D eigenvalue weighted by molar-refractivity contribution is -0.119. The van der Waals surface area contributed by atoms with Crippen molar-refractivity contribution in [3.05, 3.63) is 107 Å². The molecular formula is C30H32N4O4S. The number of amides is 1. The number of nitrogens with one attached hydrogen (secondary N) is 1. The van der Waals surface area contributed by atoms with Crippen molar-refractivity contribution in [2.45, 2.75) is 32.6 Å². The Balaban J connectivity index is 1.55. The third-order valence-electron chi connectivity index (χ3n) is 6.27. The van der Waals surface area contributed by atoms with Gasteiger partial charge < -0.3 is 9.30 Å². The third-order valence-corrected chi connectivity index (χ3v) is 8.06. The van der Waals surface area contributed by atoms with Crippen molar-refractivity contribution in [3.8, 4) is 11.4 Å². The van der Waals surface area contributed by atoms with Gasteiger partial charge in [0, 0.05) is 22.6 Å². The van der Waals surface area contributed by atoms with Gasteiger partial charge in [0.2, 0.25) is 0 Å². The molecule has 0 bridgehead atoms. The van der Waals surface area contributed by atoms with Crippen LogP contribution < -0.4 is 14.5 Å². The maximum Gasteiger partial charge on any atom is 0.264 e. The molecule has 0 saturated carbocycles. The zero-order valence-corrected chi connectivity index (χ0v) is 23.3. The van der Waals surface area contributed by atoms with Gasteiger partial charge in [-0.05, 0) is 81.8 Å². The molecule has 1 amide bonds. The van der Waals surface area contributed by atoms with Crippen molar-refractivity contribution in [1.82, 2.24) is 9.99 Å². The Morgan fingerprint density at radius 2 is 1.64 bits per heavy atom. The lowest BCUT2D eigenvalue weighted by Crippen LogP contribution is -2.39. The van der Waals surface area contributed by atoms with Crippen LogP contribution in [0.2, 0.25) is 0 Å². The third kappa shape index (κ3) is 6.21. The second kappa shape index (κ2) is 12.0. The van der Waals surface area contributed by atoms with E-state index < -0.39 is 22.5 Å². The zero-order valence-electron chi connectivity index (χ0n) is 22.5. The molecule has 0 aliphatic rings. The highest BCUT2D eigenvalue weighted by Crippen LogP contribution is 2.26. The summed E-state index contributed by atoms with van der Waals surface area (Å²) in [7, 11) is -4.02. The molecule has 8 nitrogen and oxygen atoms in total. The van der Waals surface area contributed by atoms with Crippen molar-refractivity contribution >= 4 is 27.8 Å². The average Bonchev–Trinajstić information content (AvgIpc) is 3.21. The highest BCUT2D eigenvalue weighted by atomic mass is 32.2. The van der Waals surface area contributed by atoms with Crippen molar-refractivity contribution in [3.63, 3.8) is 0 Å². The largest absolute Gasteiger partial charge is 0.494 e. The van der Waals surface area contributed by atoms with Crippen LogP contribution >= 0.6 is 0 Å². The van der Waals surface area contributed by atoms with Crippen LogP contribution in [0.3, 0.4) is 0 Å². The molecule has 1 aromatic heterocycles. The van der Waals surface area contributed by atoms with Gasteiger partial charge in [0.05, 0.1) is 23.4 Å². The van der Waals surface area contributed by atoms with Crippen LogP contribution in [0, 0.1) is 20.8 Å². The second-order valence-corrected chi connectivity index (χ2v) is 10.9. The van der Waals surface area contributed by atoms with Crippen LogP contribution in [-0.2, 0) is 14.8 Å². The summed E-state index contributed by atoms with van der Waals surface area (Å²) in [4.78, 5) is 13.0. The van der Waals surface area contributed by atoms with Crippen LogP contribution in [0.15, 0.2) is 94.9 Å². The van der Waals surface area contributed by atoms with Crippen LogP contribution in [0.4, 0.5) is 5.69 Å². The van der Waals surface area contributed by atoms with Crippen molar-refractivity contribution in [1.29, 1.82) is 0 Å². The molecule has 4 rings (SSSR count). The standard InChI is InChI=1S/C30H32N4O4S/c1-5-38-27-17-15-26(16-18-27)33(39(36,37)28-12-7-6-8-13-28)21-30(35)32-31-20-25-19-23(3)34(24(25)4)29-14-10-9-11-22(29)2/h6-20H,5,21H2,1-4H3,(H,32,35)/b31-20-. The lowest BCUT2D eigenvalue weighted by Gasteiger charge is -2.24. The van der Waals surface area contributed by atoms with Crippen molar-refractivity contribution in [2.75, 3.05) is 17.5 Å². The molecule has 0 atom stereocenters. The number of rotatable bonds is 10. The monoisotopic (exact) mass is 544 g/mol. The lowest BCUT2D eigenvalue weighted by atomic mass is 10.2. The Morgan fingerprint density at radius 1 is 0.974 bits per heavy atom. The zero-order chi connectivity index (χ0) is 28.0. The highest BCUT2D eigenvalue weighted by molar-refractivity contribution is 7.92. The maximum absolute atomic E-state index is 13.5. The number of anilines is 1. The number of hydrazone groups is 1. The highest BCUT2D eigenvalue weighted by Gasteiger charge is 2.27. The fourth-order valence-corrected chi connectivity index (χ4v) is 5.79. The minimum absolute atomic E-state index is 0.0823. The van der Waals surface area contributed by atoms with E-state index in [0.29, 0.717) is 18.0 Å². The van der Waals surface area contributed by atoms with E-state index in [2.05, 4.69) is 34.2 Å². The van der Waals surface area contributed by atoms with Gasteiger partial charge in [0.15, 0.2) is 0 Å². The molecule has 202 valence electrons. The van der Waals surface area contributed by atoms with Gasteiger partial charge in [0.25, 0.3) is 15.9 Å². The first-order valence-corrected chi connectivity index (χ1v) is 14.0. The van der Waals surface area contributed by atoms with E-state index in [4.69, 9.17) is 4.74 Å². The van der Waals surface area contributed by atoms with E-state index >= 15 is 0 Å². The number of carbonyl (C=O) groups excluding carboxylic acids is 1. The van der Waals surface area contributed by atoms with Crippen LogP contribution in [0.25, 0.3) is 5.69 Å². The van der Waals surface area contributed by atoms with Crippen molar-refractivity contribution in [2.24, 2.45) is 5.10 Å². The Labute approximate surface area is 229 Å². The summed E-state index contributed by atoms with van der Waals surface area (Å²) in [6.45, 7) is 7.96. The number of sulfonamides is 1. The van der Waals surface area contributed by atoms with Gasteiger partial charge in [-0.2, -0.15) is 5.10 Å². The SMILES string of the molecule is CCOc1ccc(N(CC(=O)N/N=C\c2cc(C)n(-c3ccccc3C)c2C)S(=O)(=O)c2ccccc2)cc1. The van der Waals surface area contributed by atoms with E-state index in [1.54, 1.807) is 48.7 Å². The summed E-state index contributed by atoms with van der Waals surface area (Å²) in [5.41, 5.74) is 7.89. The number of ether oxygens (including phenoxy) is 1. The number of hydrogen-bond donors (Lipinski definition) is 1. The van der Waals surface area contributed by atoms with E-state index in [9.17, 15) is 13.2 Å². The number of para-hydroxylation sites is 1. The number of aryl methyl sites for hydroxylation is 2. The topological polar surface area (TPSA) is 93.0 Å². The summed E-state index contributed by atoms with van der Waals surface area (Å²) in [5.74, 6) is 0.0306. The molecule has 0 fully saturated rings. The van der Waals surface area contributed by atoms with Gasteiger partial charge >= 0.3 is 0 Å². The van der Waals surface area contributed by atoms with Gasteiger partial charge in [0.1, 0.15) is 12.3 Å². The molecule has 0 aliphatic heterocycles. The molecule has 0 radical (unpaired) electrons. The predicted molar refractivity (Wildman–Crippen MR) is 154 cm³/mol. The molecule has 4 aromatic rings. The quantitative estimate of drug-likeness (QED) is 0.221. The molecule has 0 spiro atoms. The number of aromatic nitrogens is 1. The smallest absolute Gasteiger partial charge is 0.264 e. The fourth-order valence-electron chi connectivity index (χ4n) is 4.35. The normalized spacial score (nSPS) is 11.5. The van der Waals surface area contributed by atoms with Gasteiger partial charge in [-0.3, -0.25) is 9.10 Å². The molecule has 0 aliphatic carbocycles. The molecule has 0 unspecified atom stereocenters. The van der Waals surface area contributed by atoms with Gasteiger partial charge in [-0.1, -0.05) is 36.4 Å². The van der Waals surface area contributed by atoms with Crippen molar-refractivity contribution < 1.29 is 17.9 Å². The summed E-state index contributed by atoms with van der Waals surface area (Å²) < 4.78 is 35.7. The molecule has 1 heterocycles. The minimum Gasteiger partial charge on any atom is -0.494 e. The Hall–Kier alpha value is -4.37. The Bertz CT molecular complexity index is 1580. The van der Waals surface area contributed by atoms with Gasteiger partial charge in [-0.15, -0.1) is 0 Å². The van der Waals surface area contributed by atoms with Crippen LogP contribution in [0.1, 0.15) is 29.4 Å². The van der Waals surface area contributed by atoms with E-state index in [1.807, 2.05) is 39.0 Å². The Kier molecular flexibility index (Phi) is 8.51. The van der Waals surface area contributed by atoms with E-state index in [-0.39, 0.29) is 4.90 Å². The first-order chi connectivity index (χ1) is 18.7. The second-order valence-electron chi connectivity index (χ2n) is 8.99. The Morgan fingerprint density at radius 3 is 2.31 bits per heavy atom. The van der Waals surface area contributed by atoms with Crippen LogP contribution in [0.5, 0.6) is 5.75 Å². The maximum atomic E-state index is 13.5. The number of nitrogens with zero attached hydrogens (tertiary/aromatic N) is 3. The molecule has 1 N–H and O–H groups in total. The molecule has 39 heavy (non-hydrogen) atoms. The molecular weight excluding hydrogens is 512 g/mol. The van der Waals surface area contributed by atoms with E-state index in [1.165, 1.54) is 12.1 Å². The summed E-state index contributed by atoms with van der Waals surface area (Å²) in [5, 5.41) is 4.13. The average molecular weight is 545 g/mol. The molecule has 9 heteroatoms. The van der Waals surface area contributed by atoms with Gasteiger partial charge in [-0.25, -0.2) is 13.8 Å². The minimum atomic E-state index is -4.02. The van der Waals surface area contributed by atoms with E-state index in [0.717, 1.165) is 32.5 Å². The van der Waals surface area contributed by atoms with Crippen LogP contribution in [-0.4, -0.2) is 38.3 Å². The number of hydrogen-bond acceptors (Lipinski definition) is 5. The first kappa shape index (κ1) is 27.7.